The van der Waals surface area contributed by atoms with Crippen LogP contribution in [0.25, 0.3) is 11.1 Å². The number of rotatable bonds is 4. The maximum Gasteiger partial charge on any atom is 0.416 e. The highest BCUT2D eigenvalue weighted by Gasteiger charge is 2.39. The second-order valence-corrected chi connectivity index (χ2v) is 8.32. The lowest BCUT2D eigenvalue weighted by Gasteiger charge is -2.26. The Kier molecular flexibility index (Phi) is 5.02. The Hall–Kier alpha value is -1.81. The Labute approximate surface area is 158 Å². The average Bonchev–Trinajstić information content (AvgIpc) is 3.42. The summed E-state index contributed by atoms with van der Waals surface area (Å²) in [6.45, 7) is 0. The molecule has 0 amide bonds. The van der Waals surface area contributed by atoms with Gasteiger partial charge in [0.15, 0.2) is 0 Å². The first-order chi connectivity index (χ1) is 12.9. The first-order valence-electron chi connectivity index (χ1n) is 9.93. The van der Waals surface area contributed by atoms with Gasteiger partial charge >= 0.3 is 6.18 Å². The topological polar surface area (TPSA) is 26.0 Å². The minimum atomic E-state index is -4.31. The van der Waals surface area contributed by atoms with E-state index in [0.717, 1.165) is 36.3 Å². The van der Waals surface area contributed by atoms with E-state index in [1.165, 1.54) is 43.4 Å². The van der Waals surface area contributed by atoms with Gasteiger partial charge in [0, 0.05) is 6.04 Å². The van der Waals surface area contributed by atoms with Crippen LogP contribution in [-0.2, 0) is 6.18 Å². The van der Waals surface area contributed by atoms with Gasteiger partial charge in [0.25, 0.3) is 0 Å². The summed E-state index contributed by atoms with van der Waals surface area (Å²) in [6, 6.07) is 14.1. The van der Waals surface area contributed by atoms with Gasteiger partial charge in [-0.2, -0.15) is 13.2 Å². The van der Waals surface area contributed by atoms with Crippen molar-refractivity contribution in [2.75, 3.05) is 0 Å². The molecule has 2 N–H and O–H groups in total. The van der Waals surface area contributed by atoms with Gasteiger partial charge in [-0.1, -0.05) is 36.4 Å². The van der Waals surface area contributed by atoms with Gasteiger partial charge in [-0.3, -0.25) is 0 Å². The van der Waals surface area contributed by atoms with Gasteiger partial charge in [0.2, 0.25) is 0 Å². The first kappa shape index (κ1) is 18.5. The van der Waals surface area contributed by atoms with E-state index in [1.54, 1.807) is 6.07 Å². The summed E-state index contributed by atoms with van der Waals surface area (Å²) in [5.41, 5.74) is 8.17. The molecule has 0 bridgehead atoms. The predicted molar refractivity (Wildman–Crippen MR) is 102 cm³/mol. The molecule has 0 spiro atoms. The van der Waals surface area contributed by atoms with Crippen LogP contribution in [0.1, 0.15) is 55.6 Å². The van der Waals surface area contributed by atoms with Crippen molar-refractivity contribution in [2.24, 2.45) is 17.6 Å². The largest absolute Gasteiger partial charge is 0.416 e. The molecule has 2 atom stereocenters. The second kappa shape index (κ2) is 7.31. The Bertz CT molecular complexity index is 773. The van der Waals surface area contributed by atoms with Crippen molar-refractivity contribution in [1.29, 1.82) is 0 Å². The van der Waals surface area contributed by atoms with Crippen LogP contribution < -0.4 is 5.73 Å². The van der Waals surface area contributed by atoms with E-state index in [4.69, 9.17) is 5.73 Å². The molecule has 4 rings (SSSR count). The number of hydrogen-bond acceptors (Lipinski definition) is 1. The fraction of sp³-hybridized carbons (Fsp3) is 0.478. The summed E-state index contributed by atoms with van der Waals surface area (Å²) in [5, 5.41) is 0. The van der Waals surface area contributed by atoms with E-state index in [-0.39, 0.29) is 0 Å². The molecular weight excluding hydrogens is 347 g/mol. The lowest BCUT2D eigenvalue weighted by atomic mass is 9.83. The molecule has 0 heterocycles. The molecule has 2 saturated carbocycles. The van der Waals surface area contributed by atoms with Crippen LogP contribution in [-0.4, -0.2) is 6.04 Å². The third-order valence-electron chi connectivity index (χ3n) is 6.31. The van der Waals surface area contributed by atoms with Crippen LogP contribution in [0.5, 0.6) is 0 Å². The molecule has 1 nitrogen and oxygen atoms in total. The molecule has 0 saturated heterocycles. The molecular formula is C23H26F3N. The SMILES string of the molecule is NC1CCC(C[C@H]2C[C@@H]2c2ccc(-c3cccc(C(F)(F)F)c3)cc2)CC1. The highest BCUT2D eigenvalue weighted by atomic mass is 19.4. The maximum absolute atomic E-state index is 12.9. The summed E-state index contributed by atoms with van der Waals surface area (Å²) in [5.74, 6) is 2.21. The number of halogens is 3. The summed E-state index contributed by atoms with van der Waals surface area (Å²) in [4.78, 5) is 0. The van der Waals surface area contributed by atoms with Gasteiger partial charge in [0.1, 0.15) is 0 Å². The average molecular weight is 373 g/mol. The highest BCUT2D eigenvalue weighted by Crippen LogP contribution is 2.52. The minimum Gasteiger partial charge on any atom is -0.328 e. The van der Waals surface area contributed by atoms with Crippen LogP contribution >= 0.6 is 0 Å². The fourth-order valence-electron chi connectivity index (χ4n) is 4.57. The quantitative estimate of drug-likeness (QED) is 0.661. The molecule has 4 heteroatoms. The summed E-state index contributed by atoms with van der Waals surface area (Å²) in [6.07, 6.45) is 3.08. The molecule has 2 aliphatic rings. The molecule has 0 radical (unpaired) electrons. The van der Waals surface area contributed by atoms with E-state index in [0.29, 0.717) is 17.5 Å². The van der Waals surface area contributed by atoms with Crippen molar-refractivity contribution in [2.45, 2.75) is 56.7 Å². The van der Waals surface area contributed by atoms with Crippen LogP contribution in [0.3, 0.4) is 0 Å². The Morgan fingerprint density at radius 1 is 0.889 bits per heavy atom. The summed E-state index contributed by atoms with van der Waals surface area (Å²) >= 11 is 0. The fourth-order valence-corrected chi connectivity index (χ4v) is 4.57. The van der Waals surface area contributed by atoms with Gasteiger partial charge in [0.05, 0.1) is 5.56 Å². The molecule has 0 unspecified atom stereocenters. The highest BCUT2D eigenvalue weighted by molar-refractivity contribution is 5.64. The molecule has 2 aliphatic carbocycles. The van der Waals surface area contributed by atoms with E-state index in [9.17, 15) is 13.2 Å². The Morgan fingerprint density at radius 2 is 1.59 bits per heavy atom. The van der Waals surface area contributed by atoms with Crippen LogP contribution in [0.4, 0.5) is 13.2 Å². The van der Waals surface area contributed by atoms with Crippen molar-refractivity contribution < 1.29 is 13.2 Å². The third kappa shape index (κ3) is 4.37. The smallest absolute Gasteiger partial charge is 0.328 e. The number of benzene rings is 2. The first-order valence-corrected chi connectivity index (χ1v) is 9.93. The van der Waals surface area contributed by atoms with Gasteiger partial charge < -0.3 is 5.73 Å². The maximum atomic E-state index is 12.9. The molecule has 2 fully saturated rings. The van der Waals surface area contributed by atoms with Crippen LogP contribution in [0.2, 0.25) is 0 Å². The number of alkyl halides is 3. The van der Waals surface area contributed by atoms with Crippen molar-refractivity contribution in [1.82, 2.24) is 0 Å². The summed E-state index contributed by atoms with van der Waals surface area (Å²) < 4.78 is 38.7. The van der Waals surface area contributed by atoms with E-state index < -0.39 is 11.7 Å². The predicted octanol–water partition coefficient (Wildman–Crippen LogP) is 6.38. The molecule has 2 aromatic rings. The summed E-state index contributed by atoms with van der Waals surface area (Å²) in [7, 11) is 0. The lowest BCUT2D eigenvalue weighted by molar-refractivity contribution is -0.137. The number of hydrogen-bond donors (Lipinski definition) is 1. The zero-order valence-corrected chi connectivity index (χ0v) is 15.4. The van der Waals surface area contributed by atoms with Crippen molar-refractivity contribution in [3.8, 4) is 11.1 Å². The van der Waals surface area contributed by atoms with Crippen molar-refractivity contribution in [3.05, 3.63) is 59.7 Å². The van der Waals surface area contributed by atoms with Crippen molar-refractivity contribution >= 4 is 0 Å². The number of nitrogens with two attached hydrogens (primary N) is 1. The zero-order valence-electron chi connectivity index (χ0n) is 15.4. The standard InChI is InChI=1S/C23H26F3N/c24-23(25,26)20-3-1-2-18(13-20)16-6-8-17(9-7-16)22-14-19(22)12-15-4-10-21(27)11-5-15/h1-3,6-9,13,15,19,21-22H,4-5,10-12,14,27H2/t15?,19-,21?,22+/m0/s1. The third-order valence-corrected chi connectivity index (χ3v) is 6.31. The van der Waals surface area contributed by atoms with Gasteiger partial charge in [-0.15, -0.1) is 0 Å². The van der Waals surface area contributed by atoms with Crippen LogP contribution in [0.15, 0.2) is 48.5 Å². The second-order valence-electron chi connectivity index (χ2n) is 8.32. The molecule has 27 heavy (non-hydrogen) atoms. The molecule has 0 aliphatic heterocycles. The van der Waals surface area contributed by atoms with Gasteiger partial charge in [-0.05, 0) is 85.1 Å². The van der Waals surface area contributed by atoms with E-state index >= 15 is 0 Å². The minimum absolute atomic E-state index is 0.402. The van der Waals surface area contributed by atoms with Crippen LogP contribution in [0, 0.1) is 11.8 Å². The zero-order chi connectivity index (χ0) is 19.0. The van der Waals surface area contributed by atoms with Gasteiger partial charge in [-0.25, -0.2) is 0 Å². The van der Waals surface area contributed by atoms with E-state index in [1.807, 2.05) is 12.1 Å². The molecule has 0 aromatic heterocycles. The van der Waals surface area contributed by atoms with E-state index in [2.05, 4.69) is 12.1 Å². The lowest BCUT2D eigenvalue weighted by Crippen LogP contribution is -2.26. The normalized spacial score (nSPS) is 28.1. The van der Waals surface area contributed by atoms with Crippen molar-refractivity contribution in [3.63, 3.8) is 0 Å². The Morgan fingerprint density at radius 3 is 2.26 bits per heavy atom. The molecule has 2 aromatic carbocycles. The Balaban J connectivity index is 1.39. The monoisotopic (exact) mass is 373 g/mol. The molecule has 144 valence electrons.